The van der Waals surface area contributed by atoms with E-state index in [0.717, 1.165) is 12.6 Å². The molecule has 1 N–H and O–H groups in total. The molecular weight excluding hydrogens is 294 g/mol. The molecule has 1 atom stereocenters. The lowest BCUT2D eigenvalue weighted by Crippen LogP contribution is -2.31. The Kier molecular flexibility index (Phi) is 5.39. The molecule has 0 aliphatic heterocycles. The van der Waals surface area contributed by atoms with Crippen LogP contribution < -0.4 is 5.32 Å². The fourth-order valence-electron chi connectivity index (χ4n) is 2.28. The molecule has 1 saturated carbocycles. The Bertz CT molecular complexity index is 350. The maximum atomic E-state index is 3.68. The van der Waals surface area contributed by atoms with Crippen LogP contribution in [0.5, 0.6) is 0 Å². The highest BCUT2D eigenvalue weighted by atomic mass is 79.9. The second kappa shape index (κ2) is 6.81. The highest BCUT2D eigenvalue weighted by Gasteiger charge is 2.15. The van der Waals surface area contributed by atoms with E-state index in [-0.39, 0.29) is 0 Å². The summed E-state index contributed by atoms with van der Waals surface area (Å²) < 4.78 is 1.17. The maximum Gasteiger partial charge on any atom is 0.0191 e. The number of rotatable bonds is 5. The van der Waals surface area contributed by atoms with Gasteiger partial charge in [0.05, 0.1) is 0 Å². The lowest BCUT2D eigenvalue weighted by atomic mass is 10.2. The van der Waals surface area contributed by atoms with Gasteiger partial charge >= 0.3 is 0 Å². The van der Waals surface area contributed by atoms with Crippen LogP contribution in [0.1, 0.15) is 32.6 Å². The minimum atomic E-state index is 0.630. The largest absolute Gasteiger partial charge is 0.313 e. The monoisotopic (exact) mass is 313 g/mol. The van der Waals surface area contributed by atoms with Crippen molar-refractivity contribution in [3.05, 3.63) is 28.7 Å². The molecule has 0 radical (unpaired) electrons. The molecule has 3 heteroatoms. The summed E-state index contributed by atoms with van der Waals surface area (Å²) >= 11 is 5.46. The van der Waals surface area contributed by atoms with Crippen LogP contribution in [-0.2, 0) is 0 Å². The molecule has 94 valence electrons. The van der Waals surface area contributed by atoms with Gasteiger partial charge in [0, 0.05) is 27.2 Å². The van der Waals surface area contributed by atoms with Crippen LogP contribution in [-0.4, -0.2) is 17.8 Å². The standard InChI is InChI=1S/C14H20BrNS/c1-11(10-16-13-6-2-3-7-13)17-14-8-4-5-12(15)9-14/h4-5,8-9,11,13,16H,2-3,6-7,10H2,1H3. The Morgan fingerprint density at radius 2 is 2.18 bits per heavy atom. The van der Waals surface area contributed by atoms with Gasteiger partial charge in [-0.3, -0.25) is 0 Å². The maximum absolute atomic E-state index is 3.68. The SMILES string of the molecule is CC(CNC1CCCC1)Sc1cccc(Br)c1. The third-order valence-corrected chi connectivity index (χ3v) is 4.77. The fourth-order valence-corrected chi connectivity index (χ4v) is 3.82. The Balaban J connectivity index is 1.74. The molecule has 1 unspecified atom stereocenters. The first-order chi connectivity index (χ1) is 8.24. The first-order valence-corrected chi connectivity index (χ1v) is 8.07. The Morgan fingerprint density at radius 1 is 1.41 bits per heavy atom. The van der Waals surface area contributed by atoms with Gasteiger partial charge in [-0.1, -0.05) is 41.8 Å². The van der Waals surface area contributed by atoms with Crippen LogP contribution in [0.3, 0.4) is 0 Å². The van der Waals surface area contributed by atoms with Crippen LogP contribution in [0.25, 0.3) is 0 Å². The molecular formula is C14H20BrNS. The van der Waals surface area contributed by atoms with Gasteiger partial charge in [0.25, 0.3) is 0 Å². The molecule has 2 rings (SSSR count). The quantitative estimate of drug-likeness (QED) is 0.805. The van der Waals surface area contributed by atoms with E-state index >= 15 is 0 Å². The second-order valence-corrected chi connectivity index (χ2v) is 7.20. The number of thioether (sulfide) groups is 1. The van der Waals surface area contributed by atoms with Crippen molar-refractivity contribution < 1.29 is 0 Å². The summed E-state index contributed by atoms with van der Waals surface area (Å²) in [5.41, 5.74) is 0. The molecule has 0 saturated heterocycles. The van der Waals surface area contributed by atoms with E-state index in [1.807, 2.05) is 11.8 Å². The number of hydrogen-bond acceptors (Lipinski definition) is 2. The van der Waals surface area contributed by atoms with Crippen LogP contribution in [0, 0.1) is 0 Å². The van der Waals surface area contributed by atoms with E-state index in [9.17, 15) is 0 Å². The van der Waals surface area contributed by atoms with Gasteiger partial charge in [-0.25, -0.2) is 0 Å². The van der Waals surface area contributed by atoms with Crippen LogP contribution in [0.15, 0.2) is 33.6 Å². The Morgan fingerprint density at radius 3 is 2.88 bits per heavy atom. The minimum absolute atomic E-state index is 0.630. The van der Waals surface area contributed by atoms with E-state index in [2.05, 4.69) is 52.4 Å². The molecule has 0 bridgehead atoms. The van der Waals surface area contributed by atoms with Gasteiger partial charge < -0.3 is 5.32 Å². The highest BCUT2D eigenvalue weighted by Crippen LogP contribution is 2.26. The van der Waals surface area contributed by atoms with Crippen molar-refractivity contribution in [2.45, 2.75) is 48.8 Å². The van der Waals surface area contributed by atoms with Crippen LogP contribution >= 0.6 is 27.7 Å². The summed E-state index contributed by atoms with van der Waals surface area (Å²) in [6.45, 7) is 3.41. The summed E-state index contributed by atoms with van der Waals surface area (Å²) in [6.07, 6.45) is 5.55. The predicted octanol–water partition coefficient (Wildman–Crippen LogP) is 4.46. The summed E-state index contributed by atoms with van der Waals surface area (Å²) in [4.78, 5) is 1.35. The zero-order chi connectivity index (χ0) is 12.1. The highest BCUT2D eigenvalue weighted by molar-refractivity contribution is 9.10. The van der Waals surface area contributed by atoms with Gasteiger partial charge in [0.2, 0.25) is 0 Å². The molecule has 1 aliphatic rings. The van der Waals surface area contributed by atoms with E-state index in [4.69, 9.17) is 0 Å². The van der Waals surface area contributed by atoms with E-state index < -0.39 is 0 Å². The van der Waals surface area contributed by atoms with Crippen LogP contribution in [0.2, 0.25) is 0 Å². The van der Waals surface area contributed by atoms with Crippen molar-refractivity contribution in [1.29, 1.82) is 0 Å². The smallest absolute Gasteiger partial charge is 0.0191 e. The van der Waals surface area contributed by atoms with Gasteiger partial charge in [0.1, 0.15) is 0 Å². The zero-order valence-electron chi connectivity index (χ0n) is 10.3. The van der Waals surface area contributed by atoms with Gasteiger partial charge in [-0.05, 0) is 31.0 Å². The average molecular weight is 314 g/mol. The van der Waals surface area contributed by atoms with Gasteiger partial charge in [-0.2, -0.15) is 0 Å². The molecule has 0 spiro atoms. The first-order valence-electron chi connectivity index (χ1n) is 6.39. The number of benzene rings is 1. The molecule has 1 aromatic rings. The van der Waals surface area contributed by atoms with E-state index in [1.54, 1.807) is 0 Å². The zero-order valence-corrected chi connectivity index (χ0v) is 12.7. The van der Waals surface area contributed by atoms with Gasteiger partial charge in [-0.15, -0.1) is 11.8 Å². The third kappa shape index (κ3) is 4.65. The van der Waals surface area contributed by atoms with E-state index in [1.165, 1.54) is 35.1 Å². The van der Waals surface area contributed by atoms with Crippen molar-refractivity contribution in [3.63, 3.8) is 0 Å². The Hall–Kier alpha value is 0.01000. The molecule has 1 aliphatic carbocycles. The molecule has 0 aromatic heterocycles. The van der Waals surface area contributed by atoms with Gasteiger partial charge in [0.15, 0.2) is 0 Å². The number of halogens is 1. The van der Waals surface area contributed by atoms with Crippen molar-refractivity contribution >= 4 is 27.7 Å². The summed E-state index contributed by atoms with van der Waals surface area (Å²) in [5, 5.41) is 4.31. The minimum Gasteiger partial charge on any atom is -0.313 e. The summed E-state index contributed by atoms with van der Waals surface area (Å²) in [7, 11) is 0. The molecule has 0 heterocycles. The predicted molar refractivity (Wildman–Crippen MR) is 79.7 cm³/mol. The average Bonchev–Trinajstić information content (AvgIpc) is 2.79. The molecule has 17 heavy (non-hydrogen) atoms. The molecule has 1 nitrogen and oxygen atoms in total. The normalized spacial score (nSPS) is 18.5. The van der Waals surface area contributed by atoms with E-state index in [0.29, 0.717) is 5.25 Å². The van der Waals surface area contributed by atoms with Crippen molar-refractivity contribution in [3.8, 4) is 0 Å². The topological polar surface area (TPSA) is 12.0 Å². The lowest BCUT2D eigenvalue weighted by Gasteiger charge is -2.16. The molecule has 1 aromatic carbocycles. The molecule has 1 fully saturated rings. The van der Waals surface area contributed by atoms with Crippen LogP contribution in [0.4, 0.5) is 0 Å². The first kappa shape index (κ1) is 13.4. The Labute approximate surface area is 117 Å². The molecule has 0 amide bonds. The third-order valence-electron chi connectivity index (χ3n) is 3.18. The van der Waals surface area contributed by atoms with Crippen molar-refractivity contribution in [2.75, 3.05) is 6.54 Å². The summed E-state index contributed by atoms with van der Waals surface area (Å²) in [5.74, 6) is 0. The number of nitrogens with one attached hydrogen (secondary N) is 1. The van der Waals surface area contributed by atoms with Crippen molar-refractivity contribution in [2.24, 2.45) is 0 Å². The fraction of sp³-hybridized carbons (Fsp3) is 0.571. The summed E-state index contributed by atoms with van der Waals surface area (Å²) in [6, 6.07) is 9.33. The van der Waals surface area contributed by atoms with Crippen molar-refractivity contribution in [1.82, 2.24) is 5.32 Å². The second-order valence-electron chi connectivity index (χ2n) is 4.78. The number of hydrogen-bond donors (Lipinski definition) is 1. The lowest BCUT2D eigenvalue weighted by molar-refractivity contribution is 0.527.